The second-order valence-electron chi connectivity index (χ2n) is 5.18. The molecule has 0 aliphatic heterocycles. The summed E-state index contributed by atoms with van der Waals surface area (Å²) in [6.45, 7) is 3.66. The summed E-state index contributed by atoms with van der Waals surface area (Å²) >= 11 is 0. The van der Waals surface area contributed by atoms with Crippen LogP contribution in [-0.2, 0) is 0 Å². The van der Waals surface area contributed by atoms with Crippen LogP contribution in [0.4, 0.5) is 0 Å². The molecule has 0 saturated heterocycles. The van der Waals surface area contributed by atoms with Crippen molar-refractivity contribution in [2.75, 3.05) is 7.11 Å². The Labute approximate surface area is 128 Å². The molecule has 1 aromatic carbocycles. The molecule has 22 heavy (non-hydrogen) atoms. The Kier molecular flexibility index (Phi) is 4.56. The van der Waals surface area contributed by atoms with Crippen molar-refractivity contribution in [1.29, 1.82) is 0 Å². The highest BCUT2D eigenvalue weighted by Gasteiger charge is 2.14. The Morgan fingerprint density at radius 3 is 2.23 bits per heavy atom. The maximum Gasteiger partial charge on any atom is 0.335 e. The maximum absolute atomic E-state index is 12.2. The van der Waals surface area contributed by atoms with Crippen LogP contribution in [0.2, 0.25) is 0 Å². The molecule has 0 aliphatic rings. The van der Waals surface area contributed by atoms with E-state index in [9.17, 15) is 9.59 Å². The van der Waals surface area contributed by atoms with Crippen LogP contribution < -0.4 is 4.74 Å². The lowest BCUT2D eigenvalue weighted by atomic mass is 9.99. The van der Waals surface area contributed by atoms with Crippen molar-refractivity contribution in [3.05, 3.63) is 47.5 Å². The van der Waals surface area contributed by atoms with Gasteiger partial charge in [-0.25, -0.2) is 9.78 Å². The van der Waals surface area contributed by atoms with Crippen molar-refractivity contribution in [2.45, 2.75) is 13.8 Å². The fourth-order valence-electron chi connectivity index (χ4n) is 2.02. The van der Waals surface area contributed by atoms with Gasteiger partial charge < -0.3 is 9.84 Å². The van der Waals surface area contributed by atoms with Gasteiger partial charge in [0, 0.05) is 23.1 Å². The lowest BCUT2D eigenvalue weighted by Gasteiger charge is -2.09. The smallest absolute Gasteiger partial charge is 0.335 e. The topological polar surface area (TPSA) is 76.5 Å². The van der Waals surface area contributed by atoms with Gasteiger partial charge in [0.2, 0.25) is 5.88 Å². The van der Waals surface area contributed by atoms with Gasteiger partial charge in [-0.15, -0.1) is 0 Å². The number of nitrogens with zero attached hydrogens (tertiary/aromatic N) is 1. The minimum Gasteiger partial charge on any atom is -0.481 e. The average Bonchev–Trinajstić information content (AvgIpc) is 2.53. The molecular weight excluding hydrogens is 282 g/mol. The number of Topliss-reactive ketones (excluding diaryl/α,β-unsaturated/α-hetero) is 1. The minimum atomic E-state index is -0.985. The summed E-state index contributed by atoms with van der Waals surface area (Å²) in [7, 11) is 1.49. The van der Waals surface area contributed by atoms with Gasteiger partial charge in [0.05, 0.1) is 18.4 Å². The largest absolute Gasteiger partial charge is 0.481 e. The highest BCUT2D eigenvalue weighted by molar-refractivity contribution is 5.98. The number of pyridine rings is 1. The lowest BCUT2D eigenvalue weighted by Crippen LogP contribution is -2.08. The van der Waals surface area contributed by atoms with E-state index in [0.29, 0.717) is 17.1 Å². The van der Waals surface area contributed by atoms with Crippen molar-refractivity contribution in [1.82, 2.24) is 4.98 Å². The Morgan fingerprint density at radius 2 is 1.73 bits per heavy atom. The zero-order valence-electron chi connectivity index (χ0n) is 12.7. The quantitative estimate of drug-likeness (QED) is 0.857. The number of aromatic carboxylic acids is 1. The molecule has 0 atom stereocenters. The van der Waals surface area contributed by atoms with Gasteiger partial charge in [-0.1, -0.05) is 26.0 Å². The average molecular weight is 299 g/mol. The third-order valence-corrected chi connectivity index (χ3v) is 3.25. The van der Waals surface area contributed by atoms with Crippen molar-refractivity contribution < 1.29 is 19.4 Å². The Bertz CT molecular complexity index is 705. The highest BCUT2D eigenvalue weighted by Crippen LogP contribution is 2.24. The number of rotatable bonds is 5. The van der Waals surface area contributed by atoms with Gasteiger partial charge in [0.25, 0.3) is 0 Å². The van der Waals surface area contributed by atoms with Crippen LogP contribution in [0.3, 0.4) is 0 Å². The van der Waals surface area contributed by atoms with E-state index in [1.54, 1.807) is 24.3 Å². The normalized spacial score (nSPS) is 10.5. The lowest BCUT2D eigenvalue weighted by molar-refractivity contribution is 0.0696. The van der Waals surface area contributed by atoms with E-state index in [1.165, 1.54) is 19.2 Å². The predicted octanol–water partition coefficient (Wildman–Crippen LogP) is 3.29. The van der Waals surface area contributed by atoms with Crippen LogP contribution in [-0.4, -0.2) is 29.0 Å². The monoisotopic (exact) mass is 299 g/mol. The first-order chi connectivity index (χ1) is 10.4. The molecule has 2 rings (SSSR count). The first-order valence-electron chi connectivity index (χ1n) is 6.86. The molecule has 0 aliphatic carbocycles. The van der Waals surface area contributed by atoms with Gasteiger partial charge >= 0.3 is 5.97 Å². The summed E-state index contributed by atoms with van der Waals surface area (Å²) < 4.78 is 5.15. The number of benzene rings is 1. The van der Waals surface area contributed by atoms with E-state index in [2.05, 4.69) is 4.98 Å². The van der Waals surface area contributed by atoms with Gasteiger partial charge in [0.15, 0.2) is 5.78 Å². The summed E-state index contributed by atoms with van der Waals surface area (Å²) in [5.41, 5.74) is 2.02. The number of ketones is 1. The van der Waals surface area contributed by atoms with E-state index in [-0.39, 0.29) is 17.3 Å². The summed E-state index contributed by atoms with van der Waals surface area (Å²) in [6.07, 6.45) is 0. The molecule has 114 valence electrons. The molecule has 2 aromatic rings. The second kappa shape index (κ2) is 6.39. The van der Waals surface area contributed by atoms with Crippen LogP contribution in [0, 0.1) is 5.92 Å². The molecular formula is C17H17NO4. The molecule has 0 fully saturated rings. The van der Waals surface area contributed by atoms with E-state index in [0.717, 1.165) is 5.56 Å². The van der Waals surface area contributed by atoms with E-state index in [1.807, 2.05) is 13.8 Å². The number of ether oxygens (including phenoxy) is 1. The molecule has 1 aromatic heterocycles. The number of carbonyl (C=O) groups is 2. The molecule has 0 saturated carbocycles. The molecule has 0 amide bonds. The van der Waals surface area contributed by atoms with E-state index >= 15 is 0 Å². The van der Waals surface area contributed by atoms with Crippen LogP contribution in [0.25, 0.3) is 11.3 Å². The maximum atomic E-state index is 12.2. The van der Waals surface area contributed by atoms with Crippen LogP contribution >= 0.6 is 0 Å². The molecule has 0 unspecified atom stereocenters. The molecule has 0 bridgehead atoms. The predicted molar refractivity (Wildman–Crippen MR) is 82.4 cm³/mol. The zero-order valence-corrected chi connectivity index (χ0v) is 12.7. The molecule has 5 nitrogen and oxygen atoms in total. The van der Waals surface area contributed by atoms with Gasteiger partial charge in [0.1, 0.15) is 0 Å². The fourth-order valence-corrected chi connectivity index (χ4v) is 2.02. The number of hydrogen-bond donors (Lipinski definition) is 1. The standard InChI is InChI=1S/C17H17NO4/c1-10(2)16(19)13-8-14(18-15(9-13)22-3)11-4-6-12(7-5-11)17(20)21/h4-10H,1-3H3,(H,20,21). The van der Waals surface area contributed by atoms with E-state index in [4.69, 9.17) is 9.84 Å². The van der Waals surface area contributed by atoms with Gasteiger partial charge in [-0.3, -0.25) is 4.79 Å². The van der Waals surface area contributed by atoms with E-state index < -0.39 is 5.97 Å². The Balaban J connectivity index is 2.47. The molecule has 1 N–H and O–H groups in total. The molecule has 1 heterocycles. The first-order valence-corrected chi connectivity index (χ1v) is 6.86. The Hall–Kier alpha value is -2.69. The van der Waals surface area contributed by atoms with Crippen LogP contribution in [0.1, 0.15) is 34.6 Å². The van der Waals surface area contributed by atoms with Crippen molar-refractivity contribution >= 4 is 11.8 Å². The third kappa shape index (κ3) is 3.31. The number of carbonyl (C=O) groups excluding carboxylic acids is 1. The Morgan fingerprint density at radius 1 is 1.09 bits per heavy atom. The number of methoxy groups -OCH3 is 1. The summed E-state index contributed by atoms with van der Waals surface area (Å²) in [4.78, 5) is 27.4. The molecule has 0 spiro atoms. The summed E-state index contributed by atoms with van der Waals surface area (Å²) in [5.74, 6) is -0.761. The highest BCUT2D eigenvalue weighted by atomic mass is 16.5. The first kappa shape index (κ1) is 15.7. The van der Waals surface area contributed by atoms with Gasteiger partial charge in [-0.05, 0) is 18.2 Å². The number of carboxylic acid groups (broad SMARTS) is 1. The SMILES string of the molecule is COc1cc(C(=O)C(C)C)cc(-c2ccc(C(=O)O)cc2)n1. The van der Waals surface area contributed by atoms with Crippen LogP contribution in [0.5, 0.6) is 5.88 Å². The molecule has 0 radical (unpaired) electrons. The van der Waals surface area contributed by atoms with Crippen molar-refractivity contribution in [3.8, 4) is 17.1 Å². The van der Waals surface area contributed by atoms with Crippen LogP contribution in [0.15, 0.2) is 36.4 Å². The van der Waals surface area contributed by atoms with Crippen molar-refractivity contribution in [3.63, 3.8) is 0 Å². The number of aromatic nitrogens is 1. The summed E-state index contributed by atoms with van der Waals surface area (Å²) in [5, 5.41) is 8.93. The second-order valence-corrected chi connectivity index (χ2v) is 5.18. The fraction of sp³-hybridized carbons (Fsp3) is 0.235. The summed E-state index contributed by atoms with van der Waals surface area (Å²) in [6, 6.07) is 9.63. The van der Waals surface area contributed by atoms with Gasteiger partial charge in [-0.2, -0.15) is 0 Å². The number of carboxylic acids is 1. The minimum absolute atomic E-state index is 0.00380. The van der Waals surface area contributed by atoms with Crippen molar-refractivity contribution in [2.24, 2.45) is 5.92 Å². The third-order valence-electron chi connectivity index (χ3n) is 3.25. The molecule has 5 heteroatoms. The number of hydrogen-bond acceptors (Lipinski definition) is 4. The zero-order chi connectivity index (χ0) is 16.3.